The molecule has 1 unspecified atom stereocenters. The first kappa shape index (κ1) is 15.5. The molecule has 1 aromatic carbocycles. The predicted octanol–water partition coefficient (Wildman–Crippen LogP) is 1.34. The third-order valence-electron chi connectivity index (χ3n) is 3.18. The minimum absolute atomic E-state index is 0.124. The van der Waals surface area contributed by atoms with Gasteiger partial charge in [0.25, 0.3) is 0 Å². The van der Waals surface area contributed by atoms with Crippen molar-refractivity contribution in [1.82, 2.24) is 5.32 Å². The van der Waals surface area contributed by atoms with E-state index in [1.54, 1.807) is 0 Å². The van der Waals surface area contributed by atoms with E-state index in [1.165, 1.54) is 5.56 Å². The van der Waals surface area contributed by atoms with Crippen molar-refractivity contribution in [2.75, 3.05) is 6.61 Å². The molecular weight excluding hydrogens is 242 g/mol. The molecule has 5 heteroatoms. The number of aliphatic hydroxyl groups excluding tert-OH is 1. The fraction of sp³-hybridized carbons (Fsp3) is 0.500. The van der Waals surface area contributed by atoms with Crippen LogP contribution in [0.2, 0.25) is 0 Å². The van der Waals surface area contributed by atoms with E-state index < -0.39 is 0 Å². The summed E-state index contributed by atoms with van der Waals surface area (Å²) in [5.41, 5.74) is 8.56. The molecule has 1 rings (SSSR count). The Labute approximate surface area is 114 Å². The first-order valence-electron chi connectivity index (χ1n) is 6.50. The molecule has 0 spiro atoms. The third kappa shape index (κ3) is 4.89. The van der Waals surface area contributed by atoms with Crippen LogP contribution < -0.4 is 11.1 Å². The third-order valence-corrected chi connectivity index (χ3v) is 3.18. The first-order chi connectivity index (χ1) is 9.08. The van der Waals surface area contributed by atoms with E-state index in [-0.39, 0.29) is 12.4 Å². The number of benzene rings is 1. The van der Waals surface area contributed by atoms with Crippen LogP contribution in [0.1, 0.15) is 36.5 Å². The van der Waals surface area contributed by atoms with Gasteiger partial charge in [-0.05, 0) is 43.9 Å². The van der Waals surface area contributed by atoms with Crippen molar-refractivity contribution in [3.63, 3.8) is 0 Å². The average molecular weight is 265 g/mol. The second kappa shape index (κ2) is 7.76. The Morgan fingerprint density at radius 2 is 2.21 bits per heavy atom. The number of aryl methyl sites for hydroxylation is 1. The molecule has 0 fully saturated rings. The van der Waals surface area contributed by atoms with Gasteiger partial charge in [-0.15, -0.1) is 0 Å². The summed E-state index contributed by atoms with van der Waals surface area (Å²) in [6.45, 7) is 5.12. The Bertz CT molecular complexity index is 433. The van der Waals surface area contributed by atoms with E-state index >= 15 is 0 Å². The van der Waals surface area contributed by atoms with E-state index in [0.717, 1.165) is 30.5 Å². The molecule has 106 valence electrons. The van der Waals surface area contributed by atoms with Crippen LogP contribution >= 0.6 is 0 Å². The van der Waals surface area contributed by atoms with Crippen molar-refractivity contribution in [2.45, 2.75) is 39.3 Å². The standard InChI is InChI=1S/C14H23N3O2/c1-10-8-12(14(15)17-19)5-6-13(10)9-16-11(2)4-3-7-18/h5-6,8,11,16,18-19H,3-4,7,9H2,1-2H3,(H2,15,17). The quantitative estimate of drug-likeness (QED) is 0.259. The van der Waals surface area contributed by atoms with Crippen LogP contribution in [-0.2, 0) is 6.54 Å². The molecule has 0 aliphatic carbocycles. The molecular formula is C14H23N3O2. The highest BCUT2D eigenvalue weighted by Crippen LogP contribution is 2.11. The van der Waals surface area contributed by atoms with Crippen molar-refractivity contribution < 1.29 is 10.3 Å². The predicted molar refractivity (Wildman–Crippen MR) is 76.3 cm³/mol. The highest BCUT2D eigenvalue weighted by atomic mass is 16.4. The highest BCUT2D eigenvalue weighted by Gasteiger charge is 2.05. The van der Waals surface area contributed by atoms with E-state index in [0.29, 0.717) is 6.04 Å². The second-order valence-corrected chi connectivity index (χ2v) is 4.77. The smallest absolute Gasteiger partial charge is 0.170 e. The molecule has 1 atom stereocenters. The lowest BCUT2D eigenvalue weighted by Gasteiger charge is -2.15. The maximum Gasteiger partial charge on any atom is 0.170 e. The Morgan fingerprint density at radius 1 is 1.47 bits per heavy atom. The van der Waals surface area contributed by atoms with Gasteiger partial charge in [0, 0.05) is 24.8 Å². The van der Waals surface area contributed by atoms with Gasteiger partial charge in [-0.2, -0.15) is 0 Å². The maximum absolute atomic E-state index is 8.78. The molecule has 0 saturated heterocycles. The minimum Gasteiger partial charge on any atom is -0.409 e. The maximum atomic E-state index is 8.78. The molecule has 0 radical (unpaired) electrons. The summed E-state index contributed by atoms with van der Waals surface area (Å²) >= 11 is 0. The Balaban J connectivity index is 2.60. The van der Waals surface area contributed by atoms with Crippen molar-refractivity contribution in [1.29, 1.82) is 0 Å². The van der Waals surface area contributed by atoms with Gasteiger partial charge in [0.15, 0.2) is 5.84 Å². The largest absolute Gasteiger partial charge is 0.409 e. The summed E-state index contributed by atoms with van der Waals surface area (Å²) in [6.07, 6.45) is 1.77. The van der Waals surface area contributed by atoms with Crippen molar-refractivity contribution in [3.8, 4) is 0 Å². The lowest BCUT2D eigenvalue weighted by atomic mass is 10.0. The summed E-state index contributed by atoms with van der Waals surface area (Å²) in [5, 5.41) is 23.8. The zero-order chi connectivity index (χ0) is 14.3. The summed E-state index contributed by atoms with van der Waals surface area (Å²) < 4.78 is 0. The van der Waals surface area contributed by atoms with Crippen LogP contribution in [0.25, 0.3) is 0 Å². The van der Waals surface area contributed by atoms with Gasteiger partial charge in [-0.1, -0.05) is 17.3 Å². The number of aliphatic hydroxyl groups is 1. The number of rotatable bonds is 7. The molecule has 1 aromatic rings. The number of hydrogen-bond donors (Lipinski definition) is 4. The summed E-state index contributed by atoms with van der Waals surface area (Å²) in [4.78, 5) is 0. The van der Waals surface area contributed by atoms with E-state index in [9.17, 15) is 0 Å². The van der Waals surface area contributed by atoms with Crippen LogP contribution in [0.3, 0.4) is 0 Å². The van der Waals surface area contributed by atoms with Gasteiger partial charge in [-0.25, -0.2) is 0 Å². The highest BCUT2D eigenvalue weighted by molar-refractivity contribution is 5.97. The normalized spacial score (nSPS) is 13.5. The molecule has 0 saturated carbocycles. The van der Waals surface area contributed by atoms with E-state index in [2.05, 4.69) is 17.4 Å². The van der Waals surface area contributed by atoms with Gasteiger partial charge in [0.2, 0.25) is 0 Å². The van der Waals surface area contributed by atoms with Crippen LogP contribution in [0.15, 0.2) is 23.4 Å². The average Bonchev–Trinajstić information content (AvgIpc) is 2.42. The summed E-state index contributed by atoms with van der Waals surface area (Å²) in [5.74, 6) is 0.124. The van der Waals surface area contributed by atoms with Gasteiger partial charge in [0.05, 0.1) is 0 Å². The van der Waals surface area contributed by atoms with Crippen molar-refractivity contribution in [2.24, 2.45) is 10.9 Å². The molecule has 0 aromatic heterocycles. The van der Waals surface area contributed by atoms with Gasteiger partial charge in [0.1, 0.15) is 0 Å². The van der Waals surface area contributed by atoms with Crippen LogP contribution in [-0.4, -0.2) is 28.8 Å². The number of nitrogens with two attached hydrogens (primary N) is 1. The number of nitrogens with one attached hydrogen (secondary N) is 1. The van der Waals surface area contributed by atoms with Gasteiger partial charge >= 0.3 is 0 Å². The molecule has 19 heavy (non-hydrogen) atoms. The van der Waals surface area contributed by atoms with Crippen molar-refractivity contribution >= 4 is 5.84 Å². The monoisotopic (exact) mass is 265 g/mol. The van der Waals surface area contributed by atoms with E-state index in [4.69, 9.17) is 16.0 Å². The zero-order valence-corrected chi connectivity index (χ0v) is 11.6. The Morgan fingerprint density at radius 3 is 2.79 bits per heavy atom. The fourth-order valence-corrected chi connectivity index (χ4v) is 1.90. The molecule has 0 aliphatic heterocycles. The summed E-state index contributed by atoms with van der Waals surface area (Å²) in [7, 11) is 0. The summed E-state index contributed by atoms with van der Waals surface area (Å²) in [6, 6.07) is 6.10. The first-order valence-corrected chi connectivity index (χ1v) is 6.50. The number of amidine groups is 1. The molecule has 0 aliphatic rings. The number of oxime groups is 1. The van der Waals surface area contributed by atoms with Crippen LogP contribution in [0.5, 0.6) is 0 Å². The lowest BCUT2D eigenvalue weighted by Crippen LogP contribution is -2.26. The molecule has 5 N–H and O–H groups in total. The zero-order valence-electron chi connectivity index (χ0n) is 11.6. The molecule has 0 amide bonds. The lowest BCUT2D eigenvalue weighted by molar-refractivity contribution is 0.276. The molecule has 5 nitrogen and oxygen atoms in total. The number of hydrogen-bond acceptors (Lipinski definition) is 4. The SMILES string of the molecule is Cc1cc(/C(N)=N/O)ccc1CNC(C)CCCO. The topological polar surface area (TPSA) is 90.9 Å². The minimum atomic E-state index is 0.124. The fourth-order valence-electron chi connectivity index (χ4n) is 1.90. The van der Waals surface area contributed by atoms with E-state index in [1.807, 2.05) is 25.1 Å². The van der Waals surface area contributed by atoms with Crippen molar-refractivity contribution in [3.05, 3.63) is 34.9 Å². The van der Waals surface area contributed by atoms with Gasteiger partial charge in [-0.3, -0.25) is 0 Å². The van der Waals surface area contributed by atoms with Crippen LogP contribution in [0, 0.1) is 6.92 Å². The molecule has 0 bridgehead atoms. The Kier molecular flexibility index (Phi) is 6.32. The second-order valence-electron chi connectivity index (χ2n) is 4.77. The van der Waals surface area contributed by atoms with Gasteiger partial charge < -0.3 is 21.4 Å². The Hall–Kier alpha value is -1.59. The number of nitrogens with zero attached hydrogens (tertiary/aromatic N) is 1. The molecule has 0 heterocycles. The van der Waals surface area contributed by atoms with Crippen LogP contribution in [0.4, 0.5) is 0 Å².